The molecule has 1 aromatic carbocycles. The Morgan fingerprint density at radius 2 is 1.77 bits per heavy atom. The Hall–Kier alpha value is -1.09. The topological polar surface area (TPSA) is 81.7 Å². The van der Waals surface area contributed by atoms with Crippen molar-refractivity contribution < 1.29 is 22.5 Å². The molecule has 1 aliphatic rings. The number of amides is 1. The van der Waals surface area contributed by atoms with E-state index >= 15 is 0 Å². The number of benzene rings is 1. The Balaban J connectivity index is 2.01. The number of rotatable bonds is 6. The van der Waals surface area contributed by atoms with Gasteiger partial charge in [-0.15, -0.1) is 0 Å². The van der Waals surface area contributed by atoms with Crippen LogP contribution in [-0.4, -0.2) is 38.4 Å². The number of hydrogen-bond donors (Lipinski definition) is 1. The first-order valence-electron chi connectivity index (χ1n) is 8.48. The Bertz CT molecular complexity index is 778. The number of aryl methyl sites for hydroxylation is 1. The molecule has 0 aromatic heterocycles. The third-order valence-electron chi connectivity index (χ3n) is 4.76. The lowest BCUT2D eigenvalue weighted by molar-refractivity contribution is -0.117. The van der Waals surface area contributed by atoms with Crippen molar-refractivity contribution in [3.05, 3.63) is 28.8 Å². The Kier molecular flexibility index (Phi) is 6.12. The van der Waals surface area contributed by atoms with Crippen LogP contribution >= 0.6 is 11.6 Å². The van der Waals surface area contributed by atoms with Crippen LogP contribution in [0.1, 0.15) is 46.6 Å². The molecule has 1 N–H and O–H groups in total. The van der Waals surface area contributed by atoms with E-state index in [0.29, 0.717) is 17.9 Å². The third kappa shape index (κ3) is 5.00. The number of halogens is 1. The molecule has 2 rings (SSSR count). The van der Waals surface area contributed by atoms with Gasteiger partial charge in [0.05, 0.1) is 17.0 Å². The summed E-state index contributed by atoms with van der Waals surface area (Å²) in [7, 11) is -4.09. The largest absolute Gasteiger partial charge is 0.494 e. The van der Waals surface area contributed by atoms with E-state index in [9.17, 15) is 13.2 Å². The van der Waals surface area contributed by atoms with E-state index in [1.54, 1.807) is 6.07 Å². The van der Waals surface area contributed by atoms with Gasteiger partial charge < -0.3 is 9.31 Å². The van der Waals surface area contributed by atoms with Gasteiger partial charge in [-0.1, -0.05) is 23.7 Å². The molecule has 0 aliphatic carbocycles. The van der Waals surface area contributed by atoms with Crippen LogP contribution in [0.5, 0.6) is 0 Å². The Morgan fingerprint density at radius 1 is 1.19 bits per heavy atom. The molecule has 1 saturated heterocycles. The molecule has 0 atom stereocenters. The van der Waals surface area contributed by atoms with E-state index in [1.807, 2.05) is 44.5 Å². The molecule has 144 valence electrons. The maximum Gasteiger partial charge on any atom is 0.494 e. The minimum Gasteiger partial charge on any atom is -0.399 e. The van der Waals surface area contributed by atoms with Crippen LogP contribution in [0.2, 0.25) is 5.02 Å². The van der Waals surface area contributed by atoms with Crippen molar-refractivity contribution in [1.29, 1.82) is 0 Å². The van der Waals surface area contributed by atoms with Crippen LogP contribution in [0, 0.1) is 0 Å². The standard InChI is InChI=1S/C17H25BClNO5S/c1-12(21)20-26(22,23)10-6-7-13-8-9-14(11-15(13)19)18-24-16(2,3)17(4,5)25-18/h8-9,11H,6-7,10H2,1-5H3,(H,20,21). The zero-order valence-electron chi connectivity index (χ0n) is 15.8. The van der Waals surface area contributed by atoms with Crippen LogP contribution in [0.15, 0.2) is 18.2 Å². The maximum atomic E-state index is 11.7. The lowest BCUT2D eigenvalue weighted by Gasteiger charge is -2.32. The monoisotopic (exact) mass is 401 g/mol. The fraction of sp³-hybridized carbons (Fsp3) is 0.588. The fourth-order valence-electron chi connectivity index (χ4n) is 2.61. The second-order valence-corrected chi connectivity index (χ2v) is 9.77. The minimum atomic E-state index is -3.59. The highest BCUT2D eigenvalue weighted by molar-refractivity contribution is 7.90. The normalized spacial score (nSPS) is 18.8. The van der Waals surface area contributed by atoms with Crippen LogP contribution in [0.3, 0.4) is 0 Å². The summed E-state index contributed by atoms with van der Waals surface area (Å²) in [5.74, 6) is -0.725. The second kappa shape index (κ2) is 7.50. The van der Waals surface area contributed by atoms with Gasteiger partial charge in [0.2, 0.25) is 15.9 Å². The lowest BCUT2D eigenvalue weighted by atomic mass is 9.78. The summed E-state index contributed by atoms with van der Waals surface area (Å²) >= 11 is 6.35. The van der Waals surface area contributed by atoms with Gasteiger partial charge in [0.15, 0.2) is 0 Å². The molecule has 1 heterocycles. The lowest BCUT2D eigenvalue weighted by Crippen LogP contribution is -2.41. The molecule has 1 aromatic rings. The molecule has 0 spiro atoms. The molecular weight excluding hydrogens is 377 g/mol. The molecule has 0 unspecified atom stereocenters. The van der Waals surface area contributed by atoms with E-state index in [-0.39, 0.29) is 5.75 Å². The molecule has 1 fully saturated rings. The predicted molar refractivity (Wildman–Crippen MR) is 103 cm³/mol. The van der Waals surface area contributed by atoms with Crippen molar-refractivity contribution in [2.45, 2.75) is 58.7 Å². The molecule has 0 saturated carbocycles. The summed E-state index contributed by atoms with van der Waals surface area (Å²) in [5, 5.41) is 0.536. The van der Waals surface area contributed by atoms with E-state index in [4.69, 9.17) is 20.9 Å². The van der Waals surface area contributed by atoms with Gasteiger partial charge in [0, 0.05) is 11.9 Å². The maximum absolute atomic E-state index is 11.7. The van der Waals surface area contributed by atoms with Gasteiger partial charge in [-0.25, -0.2) is 8.42 Å². The number of carbonyl (C=O) groups is 1. The summed E-state index contributed by atoms with van der Waals surface area (Å²) in [6.45, 7) is 9.11. The molecule has 0 bridgehead atoms. The first-order valence-corrected chi connectivity index (χ1v) is 10.5. The molecule has 1 amide bonds. The van der Waals surface area contributed by atoms with Gasteiger partial charge in [0.1, 0.15) is 0 Å². The van der Waals surface area contributed by atoms with Crippen molar-refractivity contribution >= 4 is 40.1 Å². The van der Waals surface area contributed by atoms with Crippen molar-refractivity contribution in [1.82, 2.24) is 4.72 Å². The molecule has 1 aliphatic heterocycles. The highest BCUT2D eigenvalue weighted by Gasteiger charge is 2.51. The molecule has 0 radical (unpaired) electrons. The third-order valence-corrected chi connectivity index (χ3v) is 6.54. The van der Waals surface area contributed by atoms with Crippen LogP contribution in [-0.2, 0) is 30.5 Å². The summed E-state index contributed by atoms with van der Waals surface area (Å²) < 4.78 is 37.3. The van der Waals surface area contributed by atoms with E-state index < -0.39 is 34.3 Å². The van der Waals surface area contributed by atoms with Gasteiger partial charge in [0.25, 0.3) is 0 Å². The number of nitrogens with one attached hydrogen (secondary N) is 1. The SMILES string of the molecule is CC(=O)NS(=O)(=O)CCCc1ccc(B2OC(C)(C)C(C)(C)O2)cc1Cl. The molecular formula is C17H25BClNO5S. The van der Waals surface area contributed by atoms with Crippen LogP contribution in [0.25, 0.3) is 0 Å². The Labute approximate surface area is 160 Å². The quantitative estimate of drug-likeness (QED) is 0.738. The number of hydrogen-bond acceptors (Lipinski definition) is 5. The average Bonchev–Trinajstić information content (AvgIpc) is 2.67. The van der Waals surface area contributed by atoms with Crippen LogP contribution in [0.4, 0.5) is 0 Å². The van der Waals surface area contributed by atoms with Gasteiger partial charge in [-0.3, -0.25) is 9.52 Å². The van der Waals surface area contributed by atoms with Gasteiger partial charge >= 0.3 is 7.12 Å². The molecule has 26 heavy (non-hydrogen) atoms. The fourth-order valence-corrected chi connectivity index (χ4v) is 3.96. The average molecular weight is 402 g/mol. The summed E-state index contributed by atoms with van der Waals surface area (Å²) in [6.07, 6.45) is 0.847. The molecule has 6 nitrogen and oxygen atoms in total. The molecule has 9 heteroatoms. The zero-order chi connectivity index (χ0) is 19.8. The van der Waals surface area contributed by atoms with Crippen LogP contribution < -0.4 is 10.2 Å². The second-order valence-electron chi connectivity index (χ2n) is 7.52. The summed E-state index contributed by atoms with van der Waals surface area (Å²) in [4.78, 5) is 10.9. The highest BCUT2D eigenvalue weighted by atomic mass is 35.5. The predicted octanol–water partition coefficient (Wildman–Crippen LogP) is 2.04. The summed E-state index contributed by atoms with van der Waals surface area (Å²) in [6, 6.07) is 5.53. The zero-order valence-corrected chi connectivity index (χ0v) is 17.3. The van der Waals surface area contributed by atoms with E-state index in [1.165, 1.54) is 6.92 Å². The number of sulfonamides is 1. The van der Waals surface area contributed by atoms with E-state index in [0.717, 1.165) is 11.0 Å². The first kappa shape index (κ1) is 21.2. The summed E-state index contributed by atoms with van der Waals surface area (Å²) in [5.41, 5.74) is 0.801. The van der Waals surface area contributed by atoms with Crippen molar-refractivity contribution in [3.8, 4) is 0 Å². The minimum absolute atomic E-state index is 0.137. The van der Waals surface area contributed by atoms with Gasteiger partial charge in [-0.05, 0) is 57.6 Å². The first-order chi connectivity index (χ1) is 11.8. The smallest absolute Gasteiger partial charge is 0.399 e. The highest BCUT2D eigenvalue weighted by Crippen LogP contribution is 2.36. The van der Waals surface area contributed by atoms with Crippen molar-refractivity contribution in [2.24, 2.45) is 0 Å². The van der Waals surface area contributed by atoms with Crippen molar-refractivity contribution in [3.63, 3.8) is 0 Å². The Morgan fingerprint density at radius 3 is 2.27 bits per heavy atom. The van der Waals surface area contributed by atoms with E-state index in [2.05, 4.69) is 0 Å². The van der Waals surface area contributed by atoms with Gasteiger partial charge in [-0.2, -0.15) is 0 Å². The number of carbonyl (C=O) groups excluding carboxylic acids is 1. The van der Waals surface area contributed by atoms with Crippen molar-refractivity contribution in [2.75, 3.05) is 5.75 Å².